The second-order valence-electron chi connectivity index (χ2n) is 12.8. The molecule has 0 amide bonds. The topological polar surface area (TPSA) is 96.0 Å². The molecule has 3 heterocycles. The van der Waals surface area contributed by atoms with Gasteiger partial charge in [0.1, 0.15) is 31.5 Å². The normalized spacial score (nSPS) is 20.9. The number of ether oxygens (including phenoxy) is 6. The number of carbonyl (C=O) groups is 2. The molecule has 0 N–H and O–H groups in total. The van der Waals surface area contributed by atoms with Crippen molar-refractivity contribution in [2.45, 2.75) is 82.2 Å². The fourth-order valence-electron chi connectivity index (χ4n) is 6.49. The average molecular weight is 663 g/mol. The van der Waals surface area contributed by atoms with Crippen LogP contribution < -0.4 is 9.80 Å². The molecule has 0 radical (unpaired) electrons. The number of cyclic esters (lactones) is 1. The van der Waals surface area contributed by atoms with Crippen molar-refractivity contribution in [2.75, 3.05) is 56.3 Å². The van der Waals surface area contributed by atoms with E-state index in [4.69, 9.17) is 28.4 Å². The Hall–Kier alpha value is -4.18. The maximum absolute atomic E-state index is 11.6. The highest BCUT2D eigenvalue weighted by molar-refractivity contribution is 5.71. The van der Waals surface area contributed by atoms with Crippen LogP contribution in [-0.2, 0) is 44.4 Å². The van der Waals surface area contributed by atoms with Crippen LogP contribution in [0.4, 0.5) is 11.4 Å². The van der Waals surface area contributed by atoms with Crippen molar-refractivity contribution in [1.29, 1.82) is 0 Å². The molecule has 48 heavy (non-hydrogen) atoms. The minimum Gasteiger partial charge on any atom is -0.495 e. The molecule has 10 heteroatoms. The predicted octanol–water partition coefficient (Wildman–Crippen LogP) is 5.92. The van der Waals surface area contributed by atoms with Crippen LogP contribution in [0, 0.1) is 0 Å². The summed E-state index contributed by atoms with van der Waals surface area (Å²) in [5.74, 6) is 1.16. The highest BCUT2D eigenvalue weighted by Crippen LogP contribution is 2.27. The summed E-state index contributed by atoms with van der Waals surface area (Å²) in [5.41, 5.74) is 4.73. The van der Waals surface area contributed by atoms with Gasteiger partial charge in [-0.25, -0.2) is 0 Å². The number of nitrogens with zero attached hydrogens (tertiary/aromatic N) is 2. The largest absolute Gasteiger partial charge is 0.495 e. The van der Waals surface area contributed by atoms with Crippen LogP contribution >= 0.6 is 0 Å². The van der Waals surface area contributed by atoms with Crippen LogP contribution in [-0.4, -0.2) is 83.4 Å². The van der Waals surface area contributed by atoms with E-state index in [2.05, 4.69) is 71.5 Å². The number of hydrogen-bond donors (Lipinski definition) is 0. The van der Waals surface area contributed by atoms with Gasteiger partial charge in [-0.1, -0.05) is 30.8 Å². The van der Waals surface area contributed by atoms with Gasteiger partial charge in [-0.05, 0) is 67.7 Å². The quantitative estimate of drug-likeness (QED) is 0.126. The molecule has 0 saturated carbocycles. The molecule has 3 aliphatic rings. The Labute approximate surface area is 284 Å². The van der Waals surface area contributed by atoms with Crippen molar-refractivity contribution in [3.8, 4) is 0 Å². The molecule has 0 bridgehead atoms. The van der Waals surface area contributed by atoms with E-state index in [9.17, 15) is 9.59 Å². The highest BCUT2D eigenvalue weighted by atomic mass is 16.7. The molecule has 0 spiro atoms. The number of anilines is 2. The van der Waals surface area contributed by atoms with Gasteiger partial charge in [0.25, 0.3) is 12.4 Å². The van der Waals surface area contributed by atoms with Gasteiger partial charge in [-0.3, -0.25) is 9.59 Å². The predicted molar refractivity (Wildman–Crippen MR) is 184 cm³/mol. The van der Waals surface area contributed by atoms with Gasteiger partial charge < -0.3 is 38.2 Å². The first-order valence-corrected chi connectivity index (χ1v) is 17.2. The summed E-state index contributed by atoms with van der Waals surface area (Å²) >= 11 is 0. The van der Waals surface area contributed by atoms with Crippen LogP contribution in [0.25, 0.3) is 0 Å². The Morgan fingerprint density at radius 1 is 0.812 bits per heavy atom. The molecule has 4 unspecified atom stereocenters. The number of esters is 1. The lowest BCUT2D eigenvalue weighted by molar-refractivity contribution is -0.141. The summed E-state index contributed by atoms with van der Waals surface area (Å²) < 4.78 is 33.0. The maximum atomic E-state index is 11.6. The first-order valence-electron chi connectivity index (χ1n) is 17.2. The Balaban J connectivity index is 1.19. The Morgan fingerprint density at radius 3 is 1.90 bits per heavy atom. The summed E-state index contributed by atoms with van der Waals surface area (Å²) in [6, 6.07) is 17.5. The van der Waals surface area contributed by atoms with Gasteiger partial charge in [0.2, 0.25) is 0 Å². The van der Waals surface area contributed by atoms with E-state index in [-0.39, 0.29) is 37.0 Å². The van der Waals surface area contributed by atoms with Gasteiger partial charge >= 0.3 is 5.97 Å². The van der Waals surface area contributed by atoms with Crippen molar-refractivity contribution >= 4 is 23.8 Å². The number of benzene rings is 2. The fourth-order valence-corrected chi connectivity index (χ4v) is 6.49. The van der Waals surface area contributed by atoms with Gasteiger partial charge in [0, 0.05) is 76.8 Å². The number of allylic oxidation sites excluding steroid dienone is 1. The zero-order valence-corrected chi connectivity index (χ0v) is 28.2. The molecule has 5 rings (SSSR count). The van der Waals surface area contributed by atoms with E-state index in [0.29, 0.717) is 25.4 Å². The number of rotatable bonds is 20. The third kappa shape index (κ3) is 10.7. The monoisotopic (exact) mass is 662 g/mol. The summed E-state index contributed by atoms with van der Waals surface area (Å²) in [5, 5.41) is 0. The molecule has 3 aliphatic heterocycles. The van der Waals surface area contributed by atoms with Gasteiger partial charge in [-0.2, -0.15) is 0 Å². The lowest BCUT2D eigenvalue weighted by Crippen LogP contribution is -2.32. The molecule has 0 aromatic heterocycles. The van der Waals surface area contributed by atoms with E-state index in [0.717, 1.165) is 94.7 Å². The Morgan fingerprint density at radius 2 is 1.40 bits per heavy atom. The molecule has 2 aromatic carbocycles. The van der Waals surface area contributed by atoms with Gasteiger partial charge in [-0.15, -0.1) is 0 Å². The van der Waals surface area contributed by atoms with Gasteiger partial charge in [0.05, 0.1) is 11.9 Å². The first-order chi connectivity index (χ1) is 23.4. The fraction of sp³-hybridized carbons (Fsp3) is 0.526. The van der Waals surface area contributed by atoms with Crippen LogP contribution in [0.5, 0.6) is 0 Å². The summed E-state index contributed by atoms with van der Waals surface area (Å²) in [4.78, 5) is 27.0. The molecular formula is C38H50N2O8. The first kappa shape index (κ1) is 35.1. The summed E-state index contributed by atoms with van der Waals surface area (Å²) in [7, 11) is 1.65. The van der Waals surface area contributed by atoms with Crippen LogP contribution in [0.2, 0.25) is 0 Å². The SMILES string of the molecule is C=C1CCC(CCN(CCC(COC=O)OC)c2ccc(Cc3ccc(N(CCC4COC(=C)O4)CCC4CCC(=O)O4)cc3)cc2)O1. The van der Waals surface area contributed by atoms with E-state index in [1.54, 1.807) is 7.11 Å². The van der Waals surface area contributed by atoms with Gasteiger partial charge in [0.15, 0.2) is 0 Å². The zero-order chi connectivity index (χ0) is 33.7. The van der Waals surface area contributed by atoms with Crippen molar-refractivity contribution in [3.05, 3.63) is 84.5 Å². The Bertz CT molecular complexity index is 1320. The summed E-state index contributed by atoms with van der Waals surface area (Å²) in [6.07, 6.45) is 7.31. The minimum absolute atomic E-state index is 0.00333. The van der Waals surface area contributed by atoms with Crippen molar-refractivity contribution in [2.24, 2.45) is 0 Å². The van der Waals surface area contributed by atoms with Crippen LogP contribution in [0.1, 0.15) is 62.5 Å². The molecule has 2 aromatic rings. The van der Waals surface area contributed by atoms with E-state index < -0.39 is 0 Å². The lowest BCUT2D eigenvalue weighted by Gasteiger charge is -2.28. The smallest absolute Gasteiger partial charge is 0.306 e. The van der Waals surface area contributed by atoms with Crippen LogP contribution in [0.15, 0.2) is 73.4 Å². The van der Waals surface area contributed by atoms with Crippen molar-refractivity contribution < 1.29 is 38.0 Å². The maximum Gasteiger partial charge on any atom is 0.306 e. The van der Waals surface area contributed by atoms with E-state index >= 15 is 0 Å². The minimum atomic E-state index is -0.163. The highest BCUT2D eigenvalue weighted by Gasteiger charge is 2.26. The number of carbonyl (C=O) groups excluding carboxylic acids is 2. The summed E-state index contributed by atoms with van der Waals surface area (Å²) in [6.45, 7) is 12.2. The van der Waals surface area contributed by atoms with Crippen LogP contribution in [0.3, 0.4) is 0 Å². The van der Waals surface area contributed by atoms with E-state index in [1.165, 1.54) is 11.1 Å². The molecule has 3 fully saturated rings. The molecule has 0 aliphatic carbocycles. The zero-order valence-electron chi connectivity index (χ0n) is 28.2. The third-order valence-corrected chi connectivity index (χ3v) is 9.35. The standard InChI is InChI=1S/C38H50N2O8/c1-28-4-13-34(46-28)16-20-39(22-18-36(43-3)25-44-27-41)32-9-5-30(6-10-32)24-31-7-11-33(12-8-31)40(21-17-35-14-15-38(42)48-35)23-19-37-26-45-29(2)47-37/h5-12,27,34-37H,1-2,4,13-26H2,3H3. The molecule has 260 valence electrons. The average Bonchev–Trinajstić information content (AvgIpc) is 3.84. The number of methoxy groups -OCH3 is 1. The second kappa shape index (κ2) is 17.8. The lowest BCUT2D eigenvalue weighted by atomic mass is 10.0. The molecule has 10 nitrogen and oxygen atoms in total. The molecule has 4 atom stereocenters. The Kier molecular flexibility index (Phi) is 13.0. The number of hydrogen-bond acceptors (Lipinski definition) is 10. The molecule has 3 saturated heterocycles. The molecular weight excluding hydrogens is 612 g/mol. The van der Waals surface area contributed by atoms with E-state index in [1.807, 2.05) is 0 Å². The van der Waals surface area contributed by atoms with Crippen molar-refractivity contribution in [3.63, 3.8) is 0 Å². The third-order valence-electron chi connectivity index (χ3n) is 9.35. The van der Waals surface area contributed by atoms with Crippen molar-refractivity contribution in [1.82, 2.24) is 0 Å². The second-order valence-corrected chi connectivity index (χ2v) is 12.8.